The maximum Gasteiger partial charge on any atom is 0.303 e. The Morgan fingerprint density at radius 3 is 2.77 bits per heavy atom. The molecule has 1 aliphatic carbocycles. The lowest BCUT2D eigenvalue weighted by atomic mass is 9.88. The molecule has 8 heteroatoms. The number of rotatable bonds is 8. The molecule has 7 nitrogen and oxygen atoms in total. The number of amides is 2. The summed E-state index contributed by atoms with van der Waals surface area (Å²) in [4.78, 5) is 37.3. The van der Waals surface area contributed by atoms with Gasteiger partial charge in [-0.1, -0.05) is 13.0 Å². The zero-order chi connectivity index (χ0) is 21.7. The molecule has 160 valence electrons. The highest BCUT2D eigenvalue weighted by Gasteiger charge is 2.28. The number of anilines is 2. The molecule has 0 unspecified atom stereocenters. The van der Waals surface area contributed by atoms with Crippen molar-refractivity contribution in [2.24, 2.45) is 5.92 Å². The maximum absolute atomic E-state index is 13.2. The van der Waals surface area contributed by atoms with Gasteiger partial charge in [-0.25, -0.2) is 0 Å². The molecule has 3 rings (SSSR count). The number of thiophene rings is 1. The summed E-state index contributed by atoms with van der Waals surface area (Å²) >= 11 is 1.45. The van der Waals surface area contributed by atoms with Gasteiger partial charge in [0.2, 0.25) is 5.91 Å². The van der Waals surface area contributed by atoms with Crippen LogP contribution in [0.25, 0.3) is 0 Å². The number of ether oxygens (including phenoxy) is 1. The maximum atomic E-state index is 13.2. The molecule has 2 aromatic rings. The molecule has 30 heavy (non-hydrogen) atoms. The number of carbonyl (C=O) groups is 3. The standard InChI is InChI=1S/C22H26N2O5S/c1-13-9-10-16-17(11-13)30-22(24-18(25)7-4-8-19(26)27)20(16)21(28)23-14-5-3-6-15(12-14)29-2/h3,5-6,12-13H,4,7-11H2,1-2H3,(H,23,28)(H,24,25)(H,26,27)/t13-/m0/s1. The van der Waals surface area contributed by atoms with Crippen LogP contribution in [0.1, 0.15) is 53.4 Å². The van der Waals surface area contributed by atoms with Crippen molar-refractivity contribution in [1.82, 2.24) is 0 Å². The van der Waals surface area contributed by atoms with E-state index in [1.165, 1.54) is 11.3 Å². The topological polar surface area (TPSA) is 105 Å². The van der Waals surface area contributed by atoms with Crippen LogP contribution in [0.4, 0.5) is 10.7 Å². The highest BCUT2D eigenvalue weighted by molar-refractivity contribution is 7.17. The number of carboxylic acids is 1. The normalized spacial score (nSPS) is 15.2. The predicted molar refractivity (Wildman–Crippen MR) is 117 cm³/mol. The van der Waals surface area contributed by atoms with E-state index >= 15 is 0 Å². The van der Waals surface area contributed by atoms with Gasteiger partial charge < -0.3 is 20.5 Å². The monoisotopic (exact) mass is 430 g/mol. The molecule has 3 N–H and O–H groups in total. The predicted octanol–water partition coefficient (Wildman–Crippen LogP) is 4.33. The van der Waals surface area contributed by atoms with Gasteiger partial charge in [0.15, 0.2) is 0 Å². The first-order chi connectivity index (χ1) is 14.4. The summed E-state index contributed by atoms with van der Waals surface area (Å²) in [7, 11) is 1.56. The molecule has 0 saturated heterocycles. The summed E-state index contributed by atoms with van der Waals surface area (Å²) in [6, 6.07) is 7.12. The Kier molecular flexibility index (Phi) is 7.10. The number of aliphatic carboxylic acids is 1. The highest BCUT2D eigenvalue weighted by atomic mass is 32.1. The molecular weight excluding hydrogens is 404 g/mol. The lowest BCUT2D eigenvalue weighted by molar-refractivity contribution is -0.137. The van der Waals surface area contributed by atoms with E-state index in [-0.39, 0.29) is 31.1 Å². The molecule has 1 heterocycles. The van der Waals surface area contributed by atoms with Gasteiger partial charge in [-0.2, -0.15) is 0 Å². The van der Waals surface area contributed by atoms with E-state index in [9.17, 15) is 14.4 Å². The summed E-state index contributed by atoms with van der Waals surface area (Å²) < 4.78 is 5.21. The van der Waals surface area contributed by atoms with Crippen LogP contribution in [0.3, 0.4) is 0 Å². The molecule has 1 atom stereocenters. The fraction of sp³-hybridized carbons (Fsp3) is 0.409. The van der Waals surface area contributed by atoms with Gasteiger partial charge in [-0.3, -0.25) is 14.4 Å². The van der Waals surface area contributed by atoms with Gasteiger partial charge >= 0.3 is 5.97 Å². The fourth-order valence-corrected chi connectivity index (χ4v) is 4.99. The van der Waals surface area contributed by atoms with Crippen molar-refractivity contribution in [2.75, 3.05) is 17.7 Å². The molecule has 2 amide bonds. The second-order valence-corrected chi connectivity index (χ2v) is 8.64. The average molecular weight is 431 g/mol. The molecule has 1 aliphatic rings. The van der Waals surface area contributed by atoms with Crippen molar-refractivity contribution in [2.45, 2.75) is 45.4 Å². The minimum absolute atomic E-state index is 0.0605. The molecule has 1 aromatic heterocycles. The van der Waals surface area contributed by atoms with Gasteiger partial charge in [-0.05, 0) is 49.3 Å². The van der Waals surface area contributed by atoms with E-state index in [4.69, 9.17) is 9.84 Å². The van der Waals surface area contributed by atoms with Gasteiger partial charge in [0.05, 0.1) is 12.7 Å². The highest BCUT2D eigenvalue weighted by Crippen LogP contribution is 2.40. The van der Waals surface area contributed by atoms with E-state index in [0.717, 1.165) is 29.7 Å². The summed E-state index contributed by atoms with van der Waals surface area (Å²) in [5, 5.41) is 15.0. The molecule has 0 fully saturated rings. The first-order valence-electron chi connectivity index (χ1n) is 9.99. The molecule has 0 saturated carbocycles. The Bertz CT molecular complexity index is 953. The summed E-state index contributed by atoms with van der Waals surface area (Å²) in [6.45, 7) is 2.18. The van der Waals surface area contributed by atoms with Crippen molar-refractivity contribution in [3.05, 3.63) is 40.3 Å². The lowest BCUT2D eigenvalue weighted by Crippen LogP contribution is -2.19. The molecule has 0 bridgehead atoms. The Hall–Kier alpha value is -2.87. The van der Waals surface area contributed by atoms with E-state index < -0.39 is 5.97 Å². The van der Waals surface area contributed by atoms with Crippen LogP contribution in [-0.4, -0.2) is 30.0 Å². The van der Waals surface area contributed by atoms with Crippen LogP contribution in [-0.2, 0) is 22.4 Å². The summed E-state index contributed by atoms with van der Waals surface area (Å²) in [5.41, 5.74) is 2.12. The van der Waals surface area contributed by atoms with E-state index in [0.29, 0.717) is 27.9 Å². The van der Waals surface area contributed by atoms with Crippen LogP contribution in [0.5, 0.6) is 5.75 Å². The van der Waals surface area contributed by atoms with Crippen molar-refractivity contribution in [3.63, 3.8) is 0 Å². The fourth-order valence-electron chi connectivity index (χ4n) is 3.56. The number of hydrogen-bond donors (Lipinski definition) is 3. The molecule has 1 aromatic carbocycles. The van der Waals surface area contributed by atoms with Crippen molar-refractivity contribution < 1.29 is 24.2 Å². The number of methoxy groups -OCH3 is 1. The van der Waals surface area contributed by atoms with Crippen LogP contribution >= 0.6 is 11.3 Å². The number of benzene rings is 1. The zero-order valence-electron chi connectivity index (χ0n) is 17.1. The largest absolute Gasteiger partial charge is 0.497 e. The van der Waals surface area contributed by atoms with Gasteiger partial charge in [0.25, 0.3) is 5.91 Å². The smallest absolute Gasteiger partial charge is 0.303 e. The van der Waals surface area contributed by atoms with Crippen molar-refractivity contribution in [1.29, 1.82) is 0 Å². The van der Waals surface area contributed by atoms with Crippen molar-refractivity contribution >= 4 is 39.8 Å². The SMILES string of the molecule is COc1cccc(NC(=O)c2c(NC(=O)CCCC(=O)O)sc3c2CC[C@H](C)C3)c1. The Morgan fingerprint density at radius 1 is 1.23 bits per heavy atom. The lowest BCUT2D eigenvalue weighted by Gasteiger charge is -2.18. The minimum atomic E-state index is -0.929. The number of nitrogens with one attached hydrogen (secondary N) is 2. The van der Waals surface area contributed by atoms with Crippen molar-refractivity contribution in [3.8, 4) is 5.75 Å². The number of carbonyl (C=O) groups excluding carboxylic acids is 2. The quantitative estimate of drug-likeness (QED) is 0.578. The summed E-state index contributed by atoms with van der Waals surface area (Å²) in [5.74, 6) is -0.304. The zero-order valence-corrected chi connectivity index (χ0v) is 17.9. The van der Waals surface area contributed by atoms with Crippen LogP contribution < -0.4 is 15.4 Å². The first-order valence-corrected chi connectivity index (χ1v) is 10.8. The number of fused-ring (bicyclic) bond motifs is 1. The van der Waals surface area contributed by atoms with Crippen LogP contribution in [0.15, 0.2) is 24.3 Å². The summed E-state index contributed by atoms with van der Waals surface area (Å²) in [6.07, 6.45) is 2.97. The van der Waals surface area contributed by atoms with Gasteiger partial charge in [0, 0.05) is 29.5 Å². The average Bonchev–Trinajstić information content (AvgIpc) is 3.04. The molecule has 0 aliphatic heterocycles. The number of carboxylic acid groups (broad SMARTS) is 1. The minimum Gasteiger partial charge on any atom is -0.497 e. The first kappa shape index (κ1) is 21.8. The van der Waals surface area contributed by atoms with Gasteiger partial charge in [-0.15, -0.1) is 11.3 Å². The molecule has 0 spiro atoms. The third kappa shape index (κ3) is 5.38. The van der Waals surface area contributed by atoms with Crippen LogP contribution in [0.2, 0.25) is 0 Å². The number of hydrogen-bond acceptors (Lipinski definition) is 5. The third-order valence-electron chi connectivity index (χ3n) is 5.11. The van der Waals surface area contributed by atoms with E-state index in [1.807, 2.05) is 0 Å². The van der Waals surface area contributed by atoms with E-state index in [1.54, 1.807) is 31.4 Å². The van der Waals surface area contributed by atoms with Crippen LogP contribution in [0, 0.1) is 5.92 Å². The van der Waals surface area contributed by atoms with E-state index in [2.05, 4.69) is 17.6 Å². The third-order valence-corrected chi connectivity index (χ3v) is 6.28. The Balaban J connectivity index is 1.83. The second kappa shape index (κ2) is 9.75. The Labute approximate surface area is 179 Å². The molecular formula is C22H26N2O5S. The Morgan fingerprint density at radius 2 is 2.03 bits per heavy atom. The van der Waals surface area contributed by atoms with Gasteiger partial charge in [0.1, 0.15) is 10.8 Å². The second-order valence-electron chi connectivity index (χ2n) is 7.54. The molecule has 0 radical (unpaired) electrons.